The minimum absolute atomic E-state index is 0.406. The van der Waals surface area contributed by atoms with Gasteiger partial charge < -0.3 is 5.32 Å². The van der Waals surface area contributed by atoms with Crippen LogP contribution in [0.1, 0.15) is 38.8 Å². The molecule has 3 unspecified atom stereocenters. The molecular weight excluding hydrogens is 194 g/mol. The van der Waals surface area contributed by atoms with Crippen LogP contribution in [0.3, 0.4) is 0 Å². The molecule has 1 heteroatoms. The van der Waals surface area contributed by atoms with Crippen LogP contribution in [0.2, 0.25) is 0 Å². The van der Waals surface area contributed by atoms with Crippen LogP contribution in [0, 0.1) is 5.92 Å². The van der Waals surface area contributed by atoms with Crippen molar-refractivity contribution in [3.8, 4) is 0 Å². The number of allylic oxidation sites excluding steroid dienone is 1. The maximum Gasteiger partial charge on any atom is 0.0294 e. The van der Waals surface area contributed by atoms with Crippen molar-refractivity contribution in [1.29, 1.82) is 0 Å². The Hall–Kier alpha value is -1.08. The minimum atomic E-state index is 0.406. The topological polar surface area (TPSA) is 12.0 Å². The van der Waals surface area contributed by atoms with Crippen molar-refractivity contribution in [2.45, 2.75) is 39.3 Å². The number of nitrogens with one attached hydrogen (secondary N) is 1. The molecule has 0 amide bonds. The molecule has 0 heterocycles. The summed E-state index contributed by atoms with van der Waals surface area (Å²) >= 11 is 0. The van der Waals surface area contributed by atoms with E-state index in [1.165, 1.54) is 5.56 Å². The predicted molar refractivity (Wildman–Crippen MR) is 71.4 cm³/mol. The van der Waals surface area contributed by atoms with Gasteiger partial charge in [-0.25, -0.2) is 0 Å². The number of hydrogen-bond acceptors (Lipinski definition) is 1. The van der Waals surface area contributed by atoms with Gasteiger partial charge >= 0.3 is 0 Å². The zero-order chi connectivity index (χ0) is 12.0. The molecule has 0 saturated carbocycles. The summed E-state index contributed by atoms with van der Waals surface area (Å²) in [6, 6.07) is 11.5. The van der Waals surface area contributed by atoms with Gasteiger partial charge in [-0.3, -0.25) is 0 Å². The van der Waals surface area contributed by atoms with Gasteiger partial charge in [0.25, 0.3) is 0 Å². The largest absolute Gasteiger partial charge is 0.307 e. The molecule has 3 atom stereocenters. The van der Waals surface area contributed by atoms with Crippen molar-refractivity contribution < 1.29 is 0 Å². The third-order valence-corrected chi connectivity index (χ3v) is 3.20. The Bertz CT molecular complexity index is 304. The number of hydrogen-bond donors (Lipinski definition) is 1. The Morgan fingerprint density at radius 1 is 1.19 bits per heavy atom. The molecule has 0 spiro atoms. The van der Waals surface area contributed by atoms with Gasteiger partial charge in [0.1, 0.15) is 0 Å². The van der Waals surface area contributed by atoms with Gasteiger partial charge in [0.15, 0.2) is 0 Å². The van der Waals surface area contributed by atoms with E-state index < -0.39 is 0 Å². The number of benzene rings is 1. The third-order valence-electron chi connectivity index (χ3n) is 3.20. The highest BCUT2D eigenvalue weighted by Gasteiger charge is 2.13. The molecule has 0 aliphatic rings. The van der Waals surface area contributed by atoms with E-state index in [9.17, 15) is 0 Å². The standard InChI is InChI=1S/C15H23N/c1-5-9-12(2)13(3)16-14(4)15-10-7-6-8-11-15/h5-8,10-14,16H,1,9H2,2-4H3. The van der Waals surface area contributed by atoms with Crippen molar-refractivity contribution in [2.75, 3.05) is 0 Å². The van der Waals surface area contributed by atoms with E-state index >= 15 is 0 Å². The molecule has 0 bridgehead atoms. The highest BCUT2D eigenvalue weighted by molar-refractivity contribution is 5.18. The van der Waals surface area contributed by atoms with Gasteiger partial charge in [0.2, 0.25) is 0 Å². The molecule has 0 aliphatic heterocycles. The average molecular weight is 217 g/mol. The fraction of sp³-hybridized carbons (Fsp3) is 0.467. The monoisotopic (exact) mass is 217 g/mol. The lowest BCUT2D eigenvalue weighted by atomic mass is 9.98. The van der Waals surface area contributed by atoms with Crippen molar-refractivity contribution in [1.82, 2.24) is 5.32 Å². The minimum Gasteiger partial charge on any atom is -0.307 e. The van der Waals surface area contributed by atoms with Crippen LogP contribution in [-0.4, -0.2) is 6.04 Å². The average Bonchev–Trinajstić information content (AvgIpc) is 2.30. The van der Waals surface area contributed by atoms with Crippen LogP contribution in [0.4, 0.5) is 0 Å². The molecule has 1 aromatic rings. The molecule has 88 valence electrons. The van der Waals surface area contributed by atoms with Gasteiger partial charge in [-0.2, -0.15) is 0 Å². The second-order valence-corrected chi connectivity index (χ2v) is 4.59. The van der Waals surface area contributed by atoms with Crippen molar-refractivity contribution >= 4 is 0 Å². The lowest BCUT2D eigenvalue weighted by Crippen LogP contribution is -2.34. The maximum absolute atomic E-state index is 3.79. The Balaban J connectivity index is 2.51. The van der Waals surface area contributed by atoms with Gasteiger partial charge in [0.05, 0.1) is 0 Å². The Kier molecular flexibility index (Phi) is 5.27. The summed E-state index contributed by atoms with van der Waals surface area (Å²) in [4.78, 5) is 0. The molecule has 1 aromatic carbocycles. The SMILES string of the molecule is C=CCC(C)C(C)NC(C)c1ccccc1. The molecule has 0 saturated heterocycles. The normalized spacial score (nSPS) is 16.4. The summed E-state index contributed by atoms with van der Waals surface area (Å²) in [6.07, 6.45) is 3.06. The first-order valence-electron chi connectivity index (χ1n) is 6.07. The van der Waals surface area contributed by atoms with E-state index in [0.29, 0.717) is 18.0 Å². The molecule has 1 N–H and O–H groups in total. The van der Waals surface area contributed by atoms with Crippen LogP contribution >= 0.6 is 0 Å². The van der Waals surface area contributed by atoms with E-state index in [2.05, 4.69) is 63.0 Å². The van der Waals surface area contributed by atoms with Gasteiger partial charge in [-0.15, -0.1) is 6.58 Å². The van der Waals surface area contributed by atoms with Crippen LogP contribution < -0.4 is 5.32 Å². The zero-order valence-electron chi connectivity index (χ0n) is 10.6. The zero-order valence-corrected chi connectivity index (χ0v) is 10.6. The first kappa shape index (κ1) is 13.0. The van der Waals surface area contributed by atoms with E-state index in [-0.39, 0.29) is 0 Å². The molecule has 0 aliphatic carbocycles. The van der Waals surface area contributed by atoms with Gasteiger partial charge in [-0.05, 0) is 31.7 Å². The summed E-state index contributed by atoms with van der Waals surface area (Å²) in [5, 5.41) is 3.63. The smallest absolute Gasteiger partial charge is 0.0294 e. The quantitative estimate of drug-likeness (QED) is 0.712. The second-order valence-electron chi connectivity index (χ2n) is 4.59. The van der Waals surface area contributed by atoms with E-state index in [1.54, 1.807) is 0 Å². The number of rotatable bonds is 6. The lowest BCUT2D eigenvalue weighted by molar-refractivity contribution is 0.370. The van der Waals surface area contributed by atoms with E-state index in [4.69, 9.17) is 0 Å². The van der Waals surface area contributed by atoms with Crippen LogP contribution in [-0.2, 0) is 0 Å². The molecule has 0 radical (unpaired) electrons. The lowest BCUT2D eigenvalue weighted by Gasteiger charge is -2.24. The fourth-order valence-electron chi connectivity index (χ4n) is 1.86. The molecule has 0 aromatic heterocycles. The summed E-state index contributed by atoms with van der Waals surface area (Å²) in [7, 11) is 0. The van der Waals surface area contributed by atoms with Crippen LogP contribution in [0.25, 0.3) is 0 Å². The van der Waals surface area contributed by atoms with Crippen molar-refractivity contribution in [2.24, 2.45) is 5.92 Å². The van der Waals surface area contributed by atoms with Gasteiger partial charge in [0, 0.05) is 12.1 Å². The maximum atomic E-state index is 3.79. The van der Waals surface area contributed by atoms with Crippen molar-refractivity contribution in [3.63, 3.8) is 0 Å². The molecule has 16 heavy (non-hydrogen) atoms. The van der Waals surface area contributed by atoms with Crippen LogP contribution in [0.15, 0.2) is 43.0 Å². The Morgan fingerprint density at radius 2 is 1.81 bits per heavy atom. The second kappa shape index (κ2) is 6.49. The Morgan fingerprint density at radius 3 is 2.38 bits per heavy atom. The molecule has 0 fully saturated rings. The Labute approximate surface area is 99.6 Å². The van der Waals surface area contributed by atoms with Crippen molar-refractivity contribution in [3.05, 3.63) is 48.6 Å². The van der Waals surface area contributed by atoms with E-state index in [1.807, 2.05) is 6.08 Å². The summed E-state index contributed by atoms with van der Waals surface area (Å²) in [5.41, 5.74) is 1.35. The molecular formula is C15H23N. The highest BCUT2D eigenvalue weighted by Crippen LogP contribution is 2.16. The summed E-state index contributed by atoms with van der Waals surface area (Å²) in [5.74, 6) is 0.628. The van der Waals surface area contributed by atoms with Crippen LogP contribution in [0.5, 0.6) is 0 Å². The third kappa shape index (κ3) is 3.82. The summed E-state index contributed by atoms with van der Waals surface area (Å²) < 4.78 is 0. The first-order chi connectivity index (χ1) is 7.65. The van der Waals surface area contributed by atoms with Gasteiger partial charge in [-0.1, -0.05) is 43.3 Å². The molecule has 1 nitrogen and oxygen atoms in total. The summed E-state index contributed by atoms with van der Waals surface area (Å²) in [6.45, 7) is 10.5. The van der Waals surface area contributed by atoms with E-state index in [0.717, 1.165) is 6.42 Å². The first-order valence-corrected chi connectivity index (χ1v) is 6.07. The fourth-order valence-corrected chi connectivity index (χ4v) is 1.86. The highest BCUT2D eigenvalue weighted by atomic mass is 14.9. The predicted octanol–water partition coefficient (Wildman–Crippen LogP) is 3.94. The molecule has 1 rings (SSSR count).